The molecule has 1 unspecified atom stereocenters. The molecule has 0 aliphatic heterocycles. The molecule has 0 aliphatic rings. The molecule has 3 aromatic carbocycles. The zero-order valence-electron chi connectivity index (χ0n) is 20.2. The van der Waals surface area contributed by atoms with Gasteiger partial charge in [-0.2, -0.15) is 0 Å². The first-order valence-electron chi connectivity index (χ1n) is 11.7. The number of amides is 2. The molecule has 1 N–H and O–H groups in total. The molecule has 0 saturated heterocycles. The molecule has 3 rings (SSSR count). The highest BCUT2D eigenvalue weighted by Crippen LogP contribution is 2.24. The Morgan fingerprint density at radius 3 is 2.36 bits per heavy atom. The minimum Gasteiger partial charge on any atom is -0.481 e. The van der Waals surface area contributed by atoms with Gasteiger partial charge >= 0.3 is 0 Å². The molecule has 8 heteroatoms. The first-order chi connectivity index (χ1) is 17.2. The fourth-order valence-electron chi connectivity index (χ4n) is 3.59. The maximum absolute atomic E-state index is 14.1. The van der Waals surface area contributed by atoms with Gasteiger partial charge in [-0.1, -0.05) is 85.6 Å². The lowest BCUT2D eigenvalue weighted by atomic mass is 10.0. The normalized spacial score (nSPS) is 11.7. The van der Waals surface area contributed by atoms with Crippen molar-refractivity contribution in [1.29, 1.82) is 0 Å². The molecule has 0 bridgehead atoms. The van der Waals surface area contributed by atoms with Crippen LogP contribution in [-0.2, 0) is 22.6 Å². The molecular weight excluding hydrogens is 502 g/mol. The molecule has 1 atom stereocenters. The molecule has 5 nitrogen and oxygen atoms in total. The predicted molar refractivity (Wildman–Crippen MR) is 141 cm³/mol. The van der Waals surface area contributed by atoms with Crippen LogP contribution >= 0.6 is 23.2 Å². The van der Waals surface area contributed by atoms with Crippen LogP contribution < -0.4 is 10.1 Å². The van der Waals surface area contributed by atoms with Gasteiger partial charge in [0.25, 0.3) is 5.91 Å². The molecule has 0 aromatic heterocycles. The summed E-state index contributed by atoms with van der Waals surface area (Å²) in [6.45, 7) is 4.03. The Morgan fingerprint density at radius 2 is 1.69 bits per heavy atom. The van der Waals surface area contributed by atoms with Crippen LogP contribution in [0.15, 0.2) is 72.8 Å². The second-order valence-electron chi connectivity index (χ2n) is 8.82. The van der Waals surface area contributed by atoms with E-state index in [1.54, 1.807) is 24.3 Å². The lowest BCUT2D eigenvalue weighted by molar-refractivity contribution is -0.142. The van der Waals surface area contributed by atoms with Gasteiger partial charge in [-0.15, -0.1) is 0 Å². The second kappa shape index (κ2) is 13.3. The first-order valence-corrected chi connectivity index (χ1v) is 12.4. The van der Waals surface area contributed by atoms with Gasteiger partial charge in [0.2, 0.25) is 5.91 Å². The van der Waals surface area contributed by atoms with E-state index in [9.17, 15) is 14.0 Å². The van der Waals surface area contributed by atoms with Crippen molar-refractivity contribution in [1.82, 2.24) is 10.2 Å². The van der Waals surface area contributed by atoms with E-state index in [0.29, 0.717) is 22.2 Å². The van der Waals surface area contributed by atoms with Crippen LogP contribution in [0.4, 0.5) is 4.39 Å². The summed E-state index contributed by atoms with van der Waals surface area (Å²) in [7, 11) is 0. The third kappa shape index (κ3) is 7.97. The van der Waals surface area contributed by atoms with Gasteiger partial charge in [-0.3, -0.25) is 9.59 Å². The van der Waals surface area contributed by atoms with Crippen molar-refractivity contribution < 1.29 is 18.7 Å². The Morgan fingerprint density at radius 1 is 1.00 bits per heavy atom. The topological polar surface area (TPSA) is 58.6 Å². The van der Waals surface area contributed by atoms with Gasteiger partial charge in [-0.25, -0.2) is 4.39 Å². The van der Waals surface area contributed by atoms with Gasteiger partial charge in [-0.05, 0) is 41.3 Å². The van der Waals surface area contributed by atoms with E-state index in [2.05, 4.69) is 5.32 Å². The maximum atomic E-state index is 14.1. The highest BCUT2D eigenvalue weighted by Gasteiger charge is 2.31. The van der Waals surface area contributed by atoms with Crippen molar-refractivity contribution in [3.8, 4) is 5.75 Å². The van der Waals surface area contributed by atoms with E-state index in [0.717, 1.165) is 5.56 Å². The highest BCUT2D eigenvalue weighted by atomic mass is 35.5. The molecule has 0 spiro atoms. The summed E-state index contributed by atoms with van der Waals surface area (Å²) < 4.78 is 19.6. The minimum absolute atomic E-state index is 0.0424. The summed E-state index contributed by atoms with van der Waals surface area (Å²) >= 11 is 12.5. The van der Waals surface area contributed by atoms with Crippen molar-refractivity contribution in [2.24, 2.45) is 5.92 Å². The van der Waals surface area contributed by atoms with E-state index in [1.807, 2.05) is 44.2 Å². The predicted octanol–water partition coefficient (Wildman–Crippen LogP) is 5.92. The molecule has 36 heavy (non-hydrogen) atoms. The fraction of sp³-hybridized carbons (Fsp3) is 0.286. The molecular formula is C28H29Cl2FN2O3. The number of ether oxygens (including phenoxy) is 1. The summed E-state index contributed by atoms with van der Waals surface area (Å²) in [5.41, 5.74) is 1.51. The molecule has 0 saturated carbocycles. The zero-order chi connectivity index (χ0) is 26.1. The molecule has 0 aliphatic carbocycles. The molecule has 0 radical (unpaired) electrons. The third-order valence-corrected chi connectivity index (χ3v) is 6.09. The number of hydrogen-bond acceptors (Lipinski definition) is 3. The monoisotopic (exact) mass is 530 g/mol. The summed E-state index contributed by atoms with van der Waals surface area (Å²) in [4.78, 5) is 28.3. The Labute approximate surface area is 221 Å². The Balaban J connectivity index is 1.94. The van der Waals surface area contributed by atoms with Crippen LogP contribution in [-0.4, -0.2) is 35.9 Å². The van der Waals surface area contributed by atoms with Crippen molar-refractivity contribution >= 4 is 35.0 Å². The van der Waals surface area contributed by atoms with Crippen LogP contribution in [0.2, 0.25) is 10.0 Å². The lowest BCUT2D eigenvalue weighted by Crippen LogP contribution is -2.52. The van der Waals surface area contributed by atoms with Gasteiger partial charge < -0.3 is 15.0 Å². The largest absolute Gasteiger partial charge is 0.481 e. The number of halogens is 3. The van der Waals surface area contributed by atoms with Crippen molar-refractivity contribution in [2.75, 3.05) is 13.2 Å². The fourth-order valence-corrected chi connectivity index (χ4v) is 4.06. The minimum atomic E-state index is -0.852. The van der Waals surface area contributed by atoms with Gasteiger partial charge in [0.15, 0.2) is 18.2 Å². The molecule has 3 aromatic rings. The van der Waals surface area contributed by atoms with Gasteiger partial charge in [0.05, 0.1) is 0 Å². The van der Waals surface area contributed by atoms with Crippen LogP contribution in [0.25, 0.3) is 0 Å². The SMILES string of the molecule is CC(C)CNC(=O)C(Cc1ccccc1)N(Cc1ccc(Cl)cc1Cl)C(=O)COc1ccccc1F. The second-order valence-corrected chi connectivity index (χ2v) is 9.66. The first kappa shape index (κ1) is 27.5. The molecule has 0 fully saturated rings. The summed E-state index contributed by atoms with van der Waals surface area (Å²) in [5.74, 6) is -1.17. The van der Waals surface area contributed by atoms with E-state index in [4.69, 9.17) is 27.9 Å². The molecule has 2 amide bonds. The number of hydrogen-bond donors (Lipinski definition) is 1. The summed E-state index contributed by atoms with van der Waals surface area (Å²) in [6.07, 6.45) is 0.279. The Hall–Kier alpha value is -3.09. The van der Waals surface area contributed by atoms with Crippen LogP contribution in [0, 0.1) is 11.7 Å². The van der Waals surface area contributed by atoms with E-state index < -0.39 is 24.4 Å². The number of carbonyl (C=O) groups excluding carboxylic acids is 2. The number of para-hydroxylation sites is 1. The number of nitrogens with zero attached hydrogens (tertiary/aromatic N) is 1. The van der Waals surface area contributed by atoms with E-state index in [1.165, 1.54) is 23.1 Å². The van der Waals surface area contributed by atoms with Crippen LogP contribution in [0.3, 0.4) is 0 Å². The van der Waals surface area contributed by atoms with Gasteiger partial charge in [0, 0.05) is 29.6 Å². The number of benzene rings is 3. The Kier molecular flexibility index (Phi) is 10.1. The van der Waals surface area contributed by atoms with Crippen molar-refractivity contribution in [3.05, 3.63) is 99.8 Å². The number of rotatable bonds is 11. The highest BCUT2D eigenvalue weighted by molar-refractivity contribution is 6.35. The zero-order valence-corrected chi connectivity index (χ0v) is 21.7. The molecule has 0 heterocycles. The third-order valence-electron chi connectivity index (χ3n) is 5.50. The standard InChI is InChI=1S/C28H29Cl2FN2O3/c1-19(2)16-32-28(35)25(14-20-8-4-3-5-9-20)33(17-21-12-13-22(29)15-23(21)30)27(34)18-36-26-11-7-6-10-24(26)31/h3-13,15,19,25H,14,16-18H2,1-2H3,(H,32,35). The summed E-state index contributed by atoms with van der Waals surface area (Å²) in [5, 5.41) is 3.77. The van der Waals surface area contributed by atoms with Crippen LogP contribution in [0.5, 0.6) is 5.75 Å². The number of carbonyl (C=O) groups is 2. The summed E-state index contributed by atoms with van der Waals surface area (Å²) in [6, 6.07) is 19.4. The van der Waals surface area contributed by atoms with Crippen LogP contribution in [0.1, 0.15) is 25.0 Å². The average Bonchev–Trinajstić information content (AvgIpc) is 2.85. The average molecular weight is 531 g/mol. The molecule has 190 valence electrons. The lowest BCUT2D eigenvalue weighted by Gasteiger charge is -2.32. The quantitative estimate of drug-likeness (QED) is 0.334. The van der Waals surface area contributed by atoms with E-state index >= 15 is 0 Å². The smallest absolute Gasteiger partial charge is 0.261 e. The van der Waals surface area contributed by atoms with E-state index in [-0.39, 0.29) is 30.5 Å². The Bertz CT molecular complexity index is 1170. The van der Waals surface area contributed by atoms with Crippen molar-refractivity contribution in [3.63, 3.8) is 0 Å². The number of nitrogens with one attached hydrogen (secondary N) is 1. The van der Waals surface area contributed by atoms with Crippen molar-refractivity contribution in [2.45, 2.75) is 32.9 Å². The van der Waals surface area contributed by atoms with Gasteiger partial charge in [0.1, 0.15) is 6.04 Å². The maximum Gasteiger partial charge on any atom is 0.261 e.